The highest BCUT2D eigenvalue weighted by Crippen LogP contribution is 2.29. The van der Waals surface area contributed by atoms with E-state index >= 15 is 0 Å². The Kier molecular flexibility index (Phi) is 4.60. The van der Waals surface area contributed by atoms with Crippen LogP contribution in [0.5, 0.6) is 5.88 Å². The predicted octanol–water partition coefficient (Wildman–Crippen LogP) is 2.94. The van der Waals surface area contributed by atoms with Crippen LogP contribution in [0, 0.1) is 0 Å². The van der Waals surface area contributed by atoms with Crippen LogP contribution in [0.4, 0.5) is 0 Å². The van der Waals surface area contributed by atoms with Gasteiger partial charge in [0.1, 0.15) is 0 Å². The largest absolute Gasteiger partial charge is 0.481 e. The number of nitrogens with two attached hydrogens (primary N) is 1. The minimum Gasteiger partial charge on any atom is -0.481 e. The summed E-state index contributed by atoms with van der Waals surface area (Å²) in [6, 6.07) is 12.2. The first-order valence-electron chi connectivity index (χ1n) is 7.03. The second kappa shape index (κ2) is 6.24. The van der Waals surface area contributed by atoms with E-state index in [2.05, 4.69) is 55.4 Å². The molecule has 21 heavy (non-hydrogen) atoms. The number of nitrogens with one attached hydrogen (secondary N) is 1. The van der Waals surface area contributed by atoms with Crippen LogP contribution in [-0.4, -0.2) is 12.1 Å². The highest BCUT2D eigenvalue weighted by atomic mass is 16.5. The van der Waals surface area contributed by atoms with Gasteiger partial charge in [-0.3, -0.25) is 5.84 Å². The molecule has 1 atom stereocenters. The zero-order chi connectivity index (χ0) is 15.5. The quantitative estimate of drug-likeness (QED) is 0.670. The lowest BCUT2D eigenvalue weighted by atomic mass is 9.86. The number of benzene rings is 1. The van der Waals surface area contributed by atoms with Gasteiger partial charge in [0, 0.05) is 11.8 Å². The van der Waals surface area contributed by atoms with Gasteiger partial charge < -0.3 is 4.74 Å². The fourth-order valence-electron chi connectivity index (χ4n) is 2.33. The predicted molar refractivity (Wildman–Crippen MR) is 85.1 cm³/mol. The van der Waals surface area contributed by atoms with Gasteiger partial charge in [0.2, 0.25) is 5.88 Å². The molecule has 0 aliphatic rings. The molecule has 0 aliphatic heterocycles. The second-order valence-electron chi connectivity index (χ2n) is 6.07. The van der Waals surface area contributed by atoms with Crippen molar-refractivity contribution in [3.63, 3.8) is 0 Å². The summed E-state index contributed by atoms with van der Waals surface area (Å²) in [5.74, 6) is 6.33. The summed E-state index contributed by atoms with van der Waals surface area (Å²) in [6.07, 6.45) is 1.71. The number of aromatic nitrogens is 1. The molecule has 0 bridgehead atoms. The molecule has 0 saturated heterocycles. The Balaban J connectivity index is 2.38. The van der Waals surface area contributed by atoms with Gasteiger partial charge in [-0.15, -0.1) is 0 Å². The van der Waals surface area contributed by atoms with Gasteiger partial charge in [0.05, 0.1) is 13.2 Å². The SMILES string of the molecule is COc1ncccc1C(NN)c1ccc(C(C)(C)C)cc1. The highest BCUT2D eigenvalue weighted by Gasteiger charge is 2.19. The molecule has 0 fully saturated rings. The third kappa shape index (κ3) is 3.40. The Bertz CT molecular complexity index is 588. The maximum absolute atomic E-state index is 5.75. The third-order valence-electron chi connectivity index (χ3n) is 3.58. The summed E-state index contributed by atoms with van der Waals surface area (Å²) in [5, 5.41) is 0. The summed E-state index contributed by atoms with van der Waals surface area (Å²) in [4.78, 5) is 4.23. The molecule has 112 valence electrons. The standard InChI is InChI=1S/C17H23N3O/c1-17(2,3)13-9-7-12(8-10-13)15(20-18)14-6-5-11-19-16(14)21-4/h5-11,15,20H,18H2,1-4H3. The first-order valence-corrected chi connectivity index (χ1v) is 7.03. The van der Waals surface area contributed by atoms with Crippen molar-refractivity contribution in [3.8, 4) is 5.88 Å². The molecule has 0 saturated carbocycles. The van der Waals surface area contributed by atoms with E-state index in [1.54, 1.807) is 13.3 Å². The normalized spacial score (nSPS) is 13.0. The van der Waals surface area contributed by atoms with Crippen molar-refractivity contribution in [3.05, 3.63) is 59.3 Å². The lowest BCUT2D eigenvalue weighted by Gasteiger charge is -2.22. The van der Waals surface area contributed by atoms with Crippen molar-refractivity contribution in [1.82, 2.24) is 10.4 Å². The molecule has 1 aromatic carbocycles. The van der Waals surface area contributed by atoms with Crippen molar-refractivity contribution < 1.29 is 4.74 Å². The van der Waals surface area contributed by atoms with E-state index in [0.29, 0.717) is 5.88 Å². The number of hydrogen-bond donors (Lipinski definition) is 2. The molecule has 0 spiro atoms. The second-order valence-corrected chi connectivity index (χ2v) is 6.07. The molecule has 4 heteroatoms. The van der Waals surface area contributed by atoms with Crippen LogP contribution < -0.4 is 16.0 Å². The molecule has 2 rings (SSSR count). The first kappa shape index (κ1) is 15.5. The minimum atomic E-state index is -0.150. The lowest BCUT2D eigenvalue weighted by molar-refractivity contribution is 0.387. The van der Waals surface area contributed by atoms with Crippen molar-refractivity contribution in [2.24, 2.45) is 5.84 Å². The molecule has 1 unspecified atom stereocenters. The van der Waals surface area contributed by atoms with Crippen LogP contribution in [-0.2, 0) is 5.41 Å². The van der Waals surface area contributed by atoms with E-state index in [-0.39, 0.29) is 11.5 Å². The molecule has 0 radical (unpaired) electrons. The van der Waals surface area contributed by atoms with Crippen LogP contribution in [0.15, 0.2) is 42.6 Å². The number of hydrogen-bond acceptors (Lipinski definition) is 4. The van der Waals surface area contributed by atoms with Gasteiger partial charge in [0.15, 0.2) is 0 Å². The molecule has 0 aliphatic carbocycles. The van der Waals surface area contributed by atoms with Crippen LogP contribution >= 0.6 is 0 Å². The summed E-state index contributed by atoms with van der Waals surface area (Å²) in [7, 11) is 1.61. The molecular formula is C17H23N3O. The number of methoxy groups -OCH3 is 1. The van der Waals surface area contributed by atoms with Crippen molar-refractivity contribution in [2.45, 2.75) is 32.2 Å². The summed E-state index contributed by atoms with van der Waals surface area (Å²) < 4.78 is 5.32. The van der Waals surface area contributed by atoms with Gasteiger partial charge in [-0.1, -0.05) is 51.1 Å². The highest BCUT2D eigenvalue weighted by molar-refractivity contribution is 5.39. The van der Waals surface area contributed by atoms with Crippen molar-refractivity contribution in [1.29, 1.82) is 0 Å². The van der Waals surface area contributed by atoms with E-state index in [1.807, 2.05) is 12.1 Å². The van der Waals surface area contributed by atoms with Gasteiger partial charge >= 0.3 is 0 Å². The van der Waals surface area contributed by atoms with E-state index in [4.69, 9.17) is 10.6 Å². The minimum absolute atomic E-state index is 0.135. The molecule has 1 heterocycles. The molecule has 0 amide bonds. The molecule has 4 nitrogen and oxygen atoms in total. The molecular weight excluding hydrogens is 262 g/mol. The molecule has 1 aromatic heterocycles. The van der Waals surface area contributed by atoms with Crippen LogP contribution in [0.3, 0.4) is 0 Å². The average molecular weight is 285 g/mol. The Labute approximate surface area is 126 Å². The zero-order valence-electron chi connectivity index (χ0n) is 13.1. The number of rotatable bonds is 4. The Hall–Kier alpha value is -1.91. The monoisotopic (exact) mass is 285 g/mol. The number of ether oxygens (including phenoxy) is 1. The van der Waals surface area contributed by atoms with Crippen LogP contribution in [0.25, 0.3) is 0 Å². The summed E-state index contributed by atoms with van der Waals surface area (Å²) >= 11 is 0. The van der Waals surface area contributed by atoms with Gasteiger partial charge in [-0.25, -0.2) is 10.4 Å². The Morgan fingerprint density at radius 3 is 2.33 bits per heavy atom. The van der Waals surface area contributed by atoms with Gasteiger partial charge in [-0.05, 0) is 22.6 Å². The Morgan fingerprint density at radius 1 is 1.14 bits per heavy atom. The van der Waals surface area contributed by atoms with Gasteiger partial charge in [0.25, 0.3) is 0 Å². The lowest BCUT2D eigenvalue weighted by Crippen LogP contribution is -2.29. The molecule has 2 aromatic rings. The number of pyridine rings is 1. The third-order valence-corrected chi connectivity index (χ3v) is 3.58. The van der Waals surface area contributed by atoms with Crippen molar-refractivity contribution in [2.75, 3.05) is 7.11 Å². The maximum atomic E-state index is 5.75. The topological polar surface area (TPSA) is 60.2 Å². The fourth-order valence-corrected chi connectivity index (χ4v) is 2.33. The number of nitrogens with zero attached hydrogens (tertiary/aromatic N) is 1. The Morgan fingerprint density at radius 2 is 1.81 bits per heavy atom. The summed E-state index contributed by atoms with van der Waals surface area (Å²) in [5.41, 5.74) is 6.28. The van der Waals surface area contributed by atoms with Crippen LogP contribution in [0.2, 0.25) is 0 Å². The average Bonchev–Trinajstić information content (AvgIpc) is 2.48. The van der Waals surface area contributed by atoms with E-state index in [1.165, 1.54) is 5.56 Å². The smallest absolute Gasteiger partial charge is 0.218 e. The van der Waals surface area contributed by atoms with Crippen LogP contribution in [0.1, 0.15) is 43.5 Å². The molecule has 3 N–H and O–H groups in total. The zero-order valence-corrected chi connectivity index (χ0v) is 13.1. The summed E-state index contributed by atoms with van der Waals surface area (Å²) in [6.45, 7) is 6.60. The number of hydrazine groups is 1. The fraction of sp³-hybridized carbons (Fsp3) is 0.353. The van der Waals surface area contributed by atoms with Gasteiger partial charge in [-0.2, -0.15) is 0 Å². The van der Waals surface area contributed by atoms with E-state index < -0.39 is 0 Å². The maximum Gasteiger partial charge on any atom is 0.218 e. The van der Waals surface area contributed by atoms with Crippen molar-refractivity contribution >= 4 is 0 Å². The van der Waals surface area contributed by atoms with E-state index in [9.17, 15) is 0 Å². The van der Waals surface area contributed by atoms with E-state index in [0.717, 1.165) is 11.1 Å². The first-order chi connectivity index (χ1) is 9.97.